The molecule has 0 heterocycles. The summed E-state index contributed by atoms with van der Waals surface area (Å²) in [5.74, 6) is -0.850. The topological polar surface area (TPSA) is 69.7 Å². The Balaban J connectivity index is 3.39. The van der Waals surface area contributed by atoms with Crippen LogP contribution < -0.4 is 0 Å². The number of ether oxygens (including phenoxy) is 2. The number of carbonyl (C=O) groups excluding carboxylic acids is 3. The lowest BCUT2D eigenvalue weighted by molar-refractivity contribution is -0.146. The highest BCUT2D eigenvalue weighted by atomic mass is 16.5. The highest BCUT2D eigenvalue weighted by Crippen LogP contribution is 2.03. The molecular formula is C12H20O5. The Kier molecular flexibility index (Phi) is 9.01. The number of esters is 2. The predicted molar refractivity (Wildman–Crippen MR) is 61.4 cm³/mol. The van der Waals surface area contributed by atoms with E-state index in [9.17, 15) is 14.4 Å². The van der Waals surface area contributed by atoms with Crippen LogP contribution in [0.5, 0.6) is 0 Å². The van der Waals surface area contributed by atoms with E-state index in [1.54, 1.807) is 6.92 Å². The van der Waals surface area contributed by atoms with Crippen LogP contribution in [0.25, 0.3) is 0 Å². The van der Waals surface area contributed by atoms with Gasteiger partial charge in [-0.2, -0.15) is 0 Å². The number of Topliss-reactive ketones (excluding diaryl/α,β-unsaturated/α-hetero) is 1. The second-order valence-corrected chi connectivity index (χ2v) is 3.67. The van der Waals surface area contributed by atoms with E-state index in [2.05, 4.69) is 4.74 Å². The van der Waals surface area contributed by atoms with E-state index in [1.807, 2.05) is 0 Å². The first-order valence-electron chi connectivity index (χ1n) is 5.87. The molecule has 5 heteroatoms. The molecule has 0 aromatic carbocycles. The second kappa shape index (κ2) is 9.81. The summed E-state index contributed by atoms with van der Waals surface area (Å²) in [5, 5.41) is 0. The standard InChI is InChI=1S/C12H20O5/c1-3-16-12(15)9-11(14)7-5-4-6-8-17-10(2)13/h3-9H2,1-2H3. The van der Waals surface area contributed by atoms with Gasteiger partial charge in [-0.1, -0.05) is 0 Å². The third kappa shape index (κ3) is 10.9. The van der Waals surface area contributed by atoms with E-state index in [1.165, 1.54) is 6.92 Å². The van der Waals surface area contributed by atoms with Crippen LogP contribution in [-0.4, -0.2) is 30.9 Å². The molecule has 0 radical (unpaired) electrons. The molecule has 0 atom stereocenters. The van der Waals surface area contributed by atoms with Gasteiger partial charge in [0, 0.05) is 13.3 Å². The van der Waals surface area contributed by atoms with E-state index in [-0.39, 0.29) is 18.2 Å². The van der Waals surface area contributed by atoms with Crippen LogP contribution in [-0.2, 0) is 23.9 Å². The van der Waals surface area contributed by atoms with Crippen LogP contribution in [0.2, 0.25) is 0 Å². The molecule has 0 aliphatic carbocycles. The lowest BCUT2D eigenvalue weighted by Crippen LogP contribution is -2.11. The summed E-state index contributed by atoms with van der Waals surface area (Å²) in [6.45, 7) is 3.76. The average Bonchev–Trinajstić information content (AvgIpc) is 2.23. The molecule has 0 aromatic rings. The summed E-state index contributed by atoms with van der Waals surface area (Å²) in [6.07, 6.45) is 2.49. The van der Waals surface area contributed by atoms with Crippen molar-refractivity contribution < 1.29 is 23.9 Å². The minimum Gasteiger partial charge on any atom is -0.466 e. The first-order chi connectivity index (χ1) is 8.06. The summed E-state index contributed by atoms with van der Waals surface area (Å²) in [5.41, 5.74) is 0. The highest BCUT2D eigenvalue weighted by Gasteiger charge is 2.09. The SMILES string of the molecule is CCOC(=O)CC(=O)CCCCCOC(C)=O. The van der Waals surface area contributed by atoms with Crippen molar-refractivity contribution in [3.05, 3.63) is 0 Å². The molecule has 0 fully saturated rings. The second-order valence-electron chi connectivity index (χ2n) is 3.67. The summed E-state index contributed by atoms with van der Waals surface area (Å²) >= 11 is 0. The highest BCUT2D eigenvalue weighted by molar-refractivity contribution is 5.95. The largest absolute Gasteiger partial charge is 0.466 e. The number of hydrogen-bond acceptors (Lipinski definition) is 5. The maximum Gasteiger partial charge on any atom is 0.313 e. The van der Waals surface area contributed by atoms with Crippen LogP contribution in [0, 0.1) is 0 Å². The molecule has 98 valence electrons. The van der Waals surface area contributed by atoms with Gasteiger partial charge in [-0.25, -0.2) is 0 Å². The monoisotopic (exact) mass is 244 g/mol. The van der Waals surface area contributed by atoms with E-state index < -0.39 is 5.97 Å². The van der Waals surface area contributed by atoms with E-state index in [4.69, 9.17) is 4.74 Å². The lowest BCUT2D eigenvalue weighted by Gasteiger charge is -2.02. The third-order valence-corrected chi connectivity index (χ3v) is 2.05. The molecule has 0 amide bonds. The molecule has 0 aliphatic heterocycles. The summed E-state index contributed by atoms with van der Waals surface area (Å²) in [6, 6.07) is 0. The molecule has 0 aliphatic rings. The van der Waals surface area contributed by atoms with Crippen molar-refractivity contribution in [2.45, 2.75) is 46.0 Å². The molecular weight excluding hydrogens is 224 g/mol. The van der Waals surface area contributed by atoms with Crippen molar-refractivity contribution in [1.29, 1.82) is 0 Å². The van der Waals surface area contributed by atoms with E-state index >= 15 is 0 Å². The normalized spacial score (nSPS) is 9.76. The van der Waals surface area contributed by atoms with Gasteiger partial charge in [0.1, 0.15) is 12.2 Å². The molecule has 0 rings (SSSR count). The fourth-order valence-electron chi connectivity index (χ4n) is 1.28. The Morgan fingerprint density at radius 1 is 1.00 bits per heavy atom. The van der Waals surface area contributed by atoms with Gasteiger partial charge >= 0.3 is 11.9 Å². The zero-order valence-corrected chi connectivity index (χ0v) is 10.5. The van der Waals surface area contributed by atoms with Crippen LogP contribution in [0.1, 0.15) is 46.0 Å². The first-order valence-corrected chi connectivity index (χ1v) is 5.87. The van der Waals surface area contributed by atoms with Gasteiger partial charge in [0.2, 0.25) is 0 Å². The zero-order valence-electron chi connectivity index (χ0n) is 10.5. The van der Waals surface area contributed by atoms with Gasteiger partial charge in [-0.3, -0.25) is 14.4 Å². The summed E-state index contributed by atoms with van der Waals surface area (Å²) in [4.78, 5) is 32.7. The predicted octanol–water partition coefficient (Wildman–Crippen LogP) is 1.63. The molecule has 0 saturated carbocycles. The maximum atomic E-state index is 11.3. The quantitative estimate of drug-likeness (QED) is 0.350. The number of hydrogen-bond donors (Lipinski definition) is 0. The van der Waals surface area contributed by atoms with Crippen molar-refractivity contribution in [3.8, 4) is 0 Å². The van der Waals surface area contributed by atoms with Crippen molar-refractivity contribution in [1.82, 2.24) is 0 Å². The van der Waals surface area contributed by atoms with E-state index in [0.29, 0.717) is 26.1 Å². The first kappa shape index (κ1) is 15.6. The third-order valence-electron chi connectivity index (χ3n) is 2.05. The molecule has 17 heavy (non-hydrogen) atoms. The molecule has 0 aromatic heterocycles. The number of carbonyl (C=O) groups is 3. The van der Waals surface area contributed by atoms with Gasteiger partial charge in [0.15, 0.2) is 0 Å². The Bertz CT molecular complexity index is 260. The van der Waals surface area contributed by atoms with Crippen molar-refractivity contribution >= 4 is 17.7 Å². The molecule has 0 unspecified atom stereocenters. The number of unbranched alkanes of at least 4 members (excludes halogenated alkanes) is 2. The number of rotatable bonds is 9. The number of ketones is 1. The lowest BCUT2D eigenvalue weighted by atomic mass is 10.1. The Morgan fingerprint density at radius 2 is 1.71 bits per heavy atom. The van der Waals surface area contributed by atoms with Crippen molar-refractivity contribution in [2.24, 2.45) is 0 Å². The van der Waals surface area contributed by atoms with Crippen LogP contribution in [0.15, 0.2) is 0 Å². The Hall–Kier alpha value is -1.39. The fourth-order valence-corrected chi connectivity index (χ4v) is 1.28. The Labute approximate surface area is 101 Å². The Morgan fingerprint density at radius 3 is 2.29 bits per heavy atom. The molecule has 0 spiro atoms. The van der Waals surface area contributed by atoms with Crippen LogP contribution in [0.4, 0.5) is 0 Å². The van der Waals surface area contributed by atoms with Crippen molar-refractivity contribution in [2.75, 3.05) is 13.2 Å². The molecule has 0 bridgehead atoms. The summed E-state index contributed by atoms with van der Waals surface area (Å²) in [7, 11) is 0. The maximum absolute atomic E-state index is 11.3. The minimum atomic E-state index is -0.461. The molecule has 0 N–H and O–H groups in total. The smallest absolute Gasteiger partial charge is 0.313 e. The van der Waals surface area contributed by atoms with Crippen LogP contribution >= 0.6 is 0 Å². The van der Waals surface area contributed by atoms with Gasteiger partial charge in [0.25, 0.3) is 0 Å². The van der Waals surface area contributed by atoms with Gasteiger partial charge in [-0.15, -0.1) is 0 Å². The zero-order chi connectivity index (χ0) is 13.1. The van der Waals surface area contributed by atoms with E-state index in [0.717, 1.165) is 12.8 Å². The fraction of sp³-hybridized carbons (Fsp3) is 0.750. The van der Waals surface area contributed by atoms with Gasteiger partial charge in [0.05, 0.1) is 13.2 Å². The summed E-state index contributed by atoms with van der Waals surface area (Å²) < 4.78 is 9.41. The van der Waals surface area contributed by atoms with Crippen LogP contribution in [0.3, 0.4) is 0 Å². The minimum absolute atomic E-state index is 0.101. The average molecular weight is 244 g/mol. The molecule has 0 saturated heterocycles. The molecule has 5 nitrogen and oxygen atoms in total. The van der Waals surface area contributed by atoms with Gasteiger partial charge < -0.3 is 9.47 Å². The van der Waals surface area contributed by atoms with Crippen molar-refractivity contribution in [3.63, 3.8) is 0 Å². The van der Waals surface area contributed by atoms with Gasteiger partial charge in [-0.05, 0) is 26.2 Å².